The van der Waals surface area contributed by atoms with E-state index in [0.29, 0.717) is 12.3 Å². The van der Waals surface area contributed by atoms with Crippen LogP contribution < -0.4 is 0 Å². The van der Waals surface area contributed by atoms with E-state index in [1.54, 1.807) is 19.3 Å². The fourth-order valence-electron chi connectivity index (χ4n) is 1.98. The number of esters is 1. The molecule has 0 N–H and O–H groups in total. The van der Waals surface area contributed by atoms with E-state index in [9.17, 15) is 4.79 Å². The Bertz CT molecular complexity index is 764. The van der Waals surface area contributed by atoms with Crippen LogP contribution in [0.2, 0.25) is 0 Å². The van der Waals surface area contributed by atoms with Crippen LogP contribution in [0.25, 0.3) is 22.2 Å². The number of benzene rings is 1. The fraction of sp³-hybridized carbons (Fsp3) is 0.133. The number of hydrogen-bond donors (Lipinski definition) is 0. The summed E-state index contributed by atoms with van der Waals surface area (Å²) < 4.78 is 10.4. The molecule has 0 amide bonds. The van der Waals surface area contributed by atoms with Gasteiger partial charge in [0.05, 0.1) is 12.3 Å². The van der Waals surface area contributed by atoms with Gasteiger partial charge in [-0.05, 0) is 19.1 Å². The van der Waals surface area contributed by atoms with Crippen LogP contribution in [0.5, 0.6) is 0 Å². The Labute approximate surface area is 115 Å². The van der Waals surface area contributed by atoms with Crippen molar-refractivity contribution in [1.29, 1.82) is 0 Å². The van der Waals surface area contributed by atoms with Crippen LogP contribution in [0, 0.1) is 0 Å². The lowest BCUT2D eigenvalue weighted by molar-refractivity contribution is 0.0512. The second-order valence-electron chi connectivity index (χ2n) is 4.13. The topological polar surface area (TPSA) is 65.2 Å². The molecule has 5 nitrogen and oxygen atoms in total. The Kier molecular flexibility index (Phi) is 3.16. The number of carbonyl (C=O) groups is 1. The van der Waals surface area contributed by atoms with Crippen molar-refractivity contribution in [2.75, 3.05) is 6.61 Å². The van der Waals surface area contributed by atoms with Crippen LogP contribution >= 0.6 is 0 Å². The van der Waals surface area contributed by atoms with Crippen LogP contribution in [0.4, 0.5) is 0 Å². The number of carbonyl (C=O) groups excluding carboxylic acids is 1. The monoisotopic (exact) mass is 268 g/mol. The molecule has 0 aliphatic rings. The lowest BCUT2D eigenvalue weighted by Gasteiger charge is -2.02. The first-order valence-electron chi connectivity index (χ1n) is 6.26. The molecule has 2 heterocycles. The summed E-state index contributed by atoms with van der Waals surface area (Å²) in [6, 6.07) is 9.39. The highest BCUT2D eigenvalue weighted by Gasteiger charge is 2.14. The van der Waals surface area contributed by atoms with Crippen molar-refractivity contribution in [2.45, 2.75) is 6.92 Å². The summed E-state index contributed by atoms with van der Waals surface area (Å²) >= 11 is 0. The average Bonchev–Trinajstić information content (AvgIpc) is 2.91. The number of hydrogen-bond acceptors (Lipinski definition) is 5. The molecule has 0 spiro atoms. The van der Waals surface area contributed by atoms with E-state index in [1.165, 1.54) is 6.20 Å². The third-order valence-electron chi connectivity index (χ3n) is 2.87. The van der Waals surface area contributed by atoms with Crippen molar-refractivity contribution in [1.82, 2.24) is 9.97 Å². The van der Waals surface area contributed by atoms with Crippen molar-refractivity contribution >= 4 is 16.9 Å². The van der Waals surface area contributed by atoms with Crippen molar-refractivity contribution in [3.63, 3.8) is 0 Å². The molecule has 3 rings (SSSR count). The number of nitrogens with zero attached hydrogens (tertiary/aromatic N) is 2. The molecule has 0 atom stereocenters. The van der Waals surface area contributed by atoms with Gasteiger partial charge in [0, 0.05) is 17.1 Å². The van der Waals surface area contributed by atoms with Crippen molar-refractivity contribution in [3.8, 4) is 11.3 Å². The van der Waals surface area contributed by atoms with E-state index in [-0.39, 0.29) is 5.82 Å². The zero-order chi connectivity index (χ0) is 13.9. The summed E-state index contributed by atoms with van der Waals surface area (Å²) in [5.41, 5.74) is 2.24. The minimum Gasteiger partial charge on any atom is -0.464 e. The van der Waals surface area contributed by atoms with Gasteiger partial charge in [0.25, 0.3) is 0 Å². The van der Waals surface area contributed by atoms with Crippen molar-refractivity contribution < 1.29 is 13.9 Å². The maximum Gasteiger partial charge on any atom is 0.376 e. The second kappa shape index (κ2) is 5.13. The highest BCUT2D eigenvalue weighted by Crippen LogP contribution is 2.28. The van der Waals surface area contributed by atoms with E-state index in [1.807, 2.05) is 24.3 Å². The predicted molar refractivity (Wildman–Crippen MR) is 73.2 cm³/mol. The van der Waals surface area contributed by atoms with Crippen LogP contribution in [-0.4, -0.2) is 22.5 Å². The van der Waals surface area contributed by atoms with Crippen molar-refractivity contribution in [3.05, 3.63) is 48.6 Å². The number of aromatic nitrogens is 2. The van der Waals surface area contributed by atoms with Gasteiger partial charge >= 0.3 is 5.97 Å². The number of fused-ring (bicyclic) bond motifs is 1. The molecule has 0 fully saturated rings. The van der Waals surface area contributed by atoms with Crippen LogP contribution in [0.15, 0.2) is 47.2 Å². The Morgan fingerprint density at radius 2 is 2.15 bits per heavy atom. The zero-order valence-corrected chi connectivity index (χ0v) is 10.9. The lowest BCUT2D eigenvalue weighted by atomic mass is 10.1. The smallest absolute Gasteiger partial charge is 0.376 e. The van der Waals surface area contributed by atoms with Gasteiger partial charge in [-0.25, -0.2) is 14.8 Å². The van der Waals surface area contributed by atoms with Gasteiger partial charge in [-0.3, -0.25) is 0 Å². The minimum atomic E-state index is -0.526. The molecule has 0 unspecified atom stereocenters. The van der Waals surface area contributed by atoms with Crippen LogP contribution in [-0.2, 0) is 4.74 Å². The second-order valence-corrected chi connectivity index (χ2v) is 4.13. The number of rotatable bonds is 3. The van der Waals surface area contributed by atoms with Crippen LogP contribution in [0.3, 0.4) is 0 Å². The van der Waals surface area contributed by atoms with Gasteiger partial charge < -0.3 is 9.15 Å². The molecule has 0 saturated heterocycles. The quantitative estimate of drug-likeness (QED) is 0.683. The third-order valence-corrected chi connectivity index (χ3v) is 2.87. The Hall–Kier alpha value is -2.69. The first-order valence-corrected chi connectivity index (χ1v) is 6.26. The summed E-state index contributed by atoms with van der Waals surface area (Å²) in [5, 5.41) is 0.945. The molecule has 2 aromatic heterocycles. The van der Waals surface area contributed by atoms with E-state index in [0.717, 1.165) is 16.5 Å². The molecule has 1 aromatic carbocycles. The highest BCUT2D eigenvalue weighted by atomic mass is 16.5. The fourth-order valence-corrected chi connectivity index (χ4v) is 1.98. The van der Waals surface area contributed by atoms with Gasteiger partial charge in [0.1, 0.15) is 11.8 Å². The first-order chi connectivity index (χ1) is 9.79. The SMILES string of the molecule is CCOC(=O)c1nccc(-c2coc3ccccc23)n1. The summed E-state index contributed by atoms with van der Waals surface area (Å²) in [6.45, 7) is 2.03. The zero-order valence-electron chi connectivity index (χ0n) is 10.9. The molecular formula is C15H12N2O3. The maximum atomic E-state index is 11.7. The normalized spacial score (nSPS) is 10.7. The lowest BCUT2D eigenvalue weighted by Crippen LogP contribution is -2.09. The van der Waals surface area contributed by atoms with Gasteiger partial charge in [-0.15, -0.1) is 0 Å². The number of ether oxygens (including phenoxy) is 1. The summed E-state index contributed by atoms with van der Waals surface area (Å²) in [6.07, 6.45) is 3.16. The van der Waals surface area contributed by atoms with E-state index < -0.39 is 5.97 Å². The molecule has 0 bridgehead atoms. The Morgan fingerprint density at radius 1 is 1.30 bits per heavy atom. The molecule has 0 saturated carbocycles. The number of furan rings is 1. The van der Waals surface area contributed by atoms with Crippen LogP contribution in [0.1, 0.15) is 17.5 Å². The molecule has 5 heteroatoms. The molecule has 3 aromatic rings. The Balaban J connectivity index is 2.06. The third kappa shape index (κ3) is 2.14. The predicted octanol–water partition coefficient (Wildman–Crippen LogP) is 3.07. The molecule has 0 aliphatic heterocycles. The molecule has 0 aliphatic carbocycles. The largest absolute Gasteiger partial charge is 0.464 e. The standard InChI is InChI=1S/C15H12N2O3/c1-2-19-15(18)14-16-8-7-12(17-14)11-9-20-13-6-4-3-5-10(11)13/h3-9H,2H2,1H3. The van der Waals surface area contributed by atoms with Gasteiger partial charge in [0.2, 0.25) is 5.82 Å². The van der Waals surface area contributed by atoms with Crippen molar-refractivity contribution in [2.24, 2.45) is 0 Å². The van der Waals surface area contributed by atoms with Gasteiger partial charge in [-0.1, -0.05) is 18.2 Å². The summed E-state index contributed by atoms with van der Waals surface area (Å²) in [4.78, 5) is 19.8. The molecular weight excluding hydrogens is 256 g/mol. The summed E-state index contributed by atoms with van der Waals surface area (Å²) in [7, 11) is 0. The summed E-state index contributed by atoms with van der Waals surface area (Å²) in [5.74, 6) is -0.475. The van der Waals surface area contributed by atoms with E-state index >= 15 is 0 Å². The number of para-hydroxylation sites is 1. The van der Waals surface area contributed by atoms with Gasteiger partial charge in [-0.2, -0.15) is 0 Å². The maximum absolute atomic E-state index is 11.7. The molecule has 20 heavy (non-hydrogen) atoms. The Morgan fingerprint density at radius 3 is 3.00 bits per heavy atom. The van der Waals surface area contributed by atoms with E-state index in [4.69, 9.17) is 9.15 Å². The molecule has 100 valence electrons. The average molecular weight is 268 g/mol. The van der Waals surface area contributed by atoms with E-state index in [2.05, 4.69) is 9.97 Å². The molecule has 0 radical (unpaired) electrons. The minimum absolute atomic E-state index is 0.0506. The highest BCUT2D eigenvalue weighted by molar-refractivity contribution is 5.93. The van der Waals surface area contributed by atoms with Gasteiger partial charge in [0.15, 0.2) is 0 Å². The first kappa shape index (κ1) is 12.3.